The molecule has 2 rings (SSSR count). The molecule has 0 aliphatic rings. The van der Waals surface area contributed by atoms with Crippen molar-refractivity contribution < 1.29 is 4.42 Å². The third kappa shape index (κ3) is 2.83. The third-order valence-electron chi connectivity index (χ3n) is 2.16. The van der Waals surface area contributed by atoms with E-state index < -0.39 is 0 Å². The molecule has 0 unspecified atom stereocenters. The first-order valence-electron chi connectivity index (χ1n) is 4.88. The molecule has 0 aliphatic carbocycles. The number of furan rings is 1. The summed E-state index contributed by atoms with van der Waals surface area (Å²) in [6.07, 6.45) is 0. The maximum Gasteiger partial charge on any atom is 0.169 e. The lowest BCUT2D eigenvalue weighted by Gasteiger charge is -2.04. The van der Waals surface area contributed by atoms with Gasteiger partial charge in [0.15, 0.2) is 4.67 Å². The van der Waals surface area contributed by atoms with Gasteiger partial charge in [-0.1, -0.05) is 6.07 Å². The van der Waals surface area contributed by atoms with E-state index in [1.807, 2.05) is 31.2 Å². The standard InChI is InChI=1S/C12H12BrNOS/c1-8-2-4-11(10(14)6-8)16-7-9-3-5-12(13)15-9/h2-6H,7,14H2,1H3. The van der Waals surface area contributed by atoms with Crippen molar-refractivity contribution >= 4 is 33.4 Å². The van der Waals surface area contributed by atoms with E-state index in [0.29, 0.717) is 0 Å². The van der Waals surface area contributed by atoms with Crippen LogP contribution in [0.25, 0.3) is 0 Å². The Kier molecular flexibility index (Phi) is 3.61. The normalized spacial score (nSPS) is 10.6. The highest BCUT2D eigenvalue weighted by Crippen LogP contribution is 2.29. The van der Waals surface area contributed by atoms with Gasteiger partial charge < -0.3 is 10.2 Å². The van der Waals surface area contributed by atoms with E-state index in [2.05, 4.69) is 22.0 Å². The lowest BCUT2D eigenvalue weighted by atomic mass is 10.2. The molecule has 0 atom stereocenters. The van der Waals surface area contributed by atoms with Crippen LogP contribution in [-0.4, -0.2) is 0 Å². The number of nitrogens with two attached hydrogens (primary N) is 1. The molecule has 0 radical (unpaired) electrons. The number of thioether (sulfide) groups is 1. The fourth-order valence-corrected chi connectivity index (χ4v) is 2.56. The molecule has 2 aromatic rings. The van der Waals surface area contributed by atoms with E-state index in [-0.39, 0.29) is 0 Å². The number of rotatable bonds is 3. The summed E-state index contributed by atoms with van der Waals surface area (Å²) < 4.78 is 6.19. The Morgan fingerprint density at radius 1 is 1.31 bits per heavy atom. The predicted molar refractivity (Wildman–Crippen MR) is 71.6 cm³/mol. The summed E-state index contributed by atoms with van der Waals surface area (Å²) in [4.78, 5) is 1.10. The zero-order chi connectivity index (χ0) is 11.5. The largest absolute Gasteiger partial charge is 0.453 e. The molecule has 16 heavy (non-hydrogen) atoms. The van der Waals surface area contributed by atoms with Crippen LogP contribution in [0.1, 0.15) is 11.3 Å². The van der Waals surface area contributed by atoms with Crippen molar-refractivity contribution in [2.45, 2.75) is 17.6 Å². The van der Waals surface area contributed by atoms with Crippen molar-refractivity contribution in [1.29, 1.82) is 0 Å². The van der Waals surface area contributed by atoms with Gasteiger partial charge in [0.25, 0.3) is 0 Å². The third-order valence-corrected chi connectivity index (χ3v) is 3.70. The Morgan fingerprint density at radius 2 is 2.12 bits per heavy atom. The number of benzene rings is 1. The lowest BCUT2D eigenvalue weighted by molar-refractivity contribution is 0.507. The van der Waals surface area contributed by atoms with Crippen LogP contribution >= 0.6 is 27.7 Å². The van der Waals surface area contributed by atoms with Crippen LogP contribution < -0.4 is 5.73 Å². The SMILES string of the molecule is Cc1ccc(SCc2ccc(Br)o2)c(N)c1. The second kappa shape index (κ2) is 4.97. The van der Waals surface area contributed by atoms with Crippen LogP contribution in [0.15, 0.2) is 44.3 Å². The van der Waals surface area contributed by atoms with Crippen molar-refractivity contribution in [3.05, 3.63) is 46.3 Å². The van der Waals surface area contributed by atoms with Crippen LogP contribution in [0.5, 0.6) is 0 Å². The number of nitrogen functional groups attached to an aromatic ring is 1. The molecule has 1 aromatic carbocycles. The molecule has 84 valence electrons. The van der Waals surface area contributed by atoms with Gasteiger partial charge in [0.05, 0.1) is 5.75 Å². The molecule has 0 spiro atoms. The molecule has 0 saturated heterocycles. The van der Waals surface area contributed by atoms with Gasteiger partial charge in [0.2, 0.25) is 0 Å². The summed E-state index contributed by atoms with van der Waals surface area (Å²) in [6.45, 7) is 2.04. The predicted octanol–water partition coefficient (Wildman–Crippen LogP) is 4.23. The maximum atomic E-state index is 5.93. The second-order valence-electron chi connectivity index (χ2n) is 3.54. The van der Waals surface area contributed by atoms with Gasteiger partial charge in [-0.3, -0.25) is 0 Å². The van der Waals surface area contributed by atoms with E-state index in [0.717, 1.165) is 26.8 Å². The van der Waals surface area contributed by atoms with Gasteiger partial charge in [-0.25, -0.2) is 0 Å². The van der Waals surface area contributed by atoms with Crippen molar-refractivity contribution in [2.75, 3.05) is 5.73 Å². The van der Waals surface area contributed by atoms with E-state index in [1.165, 1.54) is 5.56 Å². The summed E-state index contributed by atoms with van der Waals surface area (Å²) in [7, 11) is 0. The molecule has 0 bridgehead atoms. The highest BCUT2D eigenvalue weighted by atomic mass is 79.9. The van der Waals surface area contributed by atoms with Crippen molar-refractivity contribution in [3.63, 3.8) is 0 Å². The first kappa shape index (κ1) is 11.6. The first-order valence-corrected chi connectivity index (χ1v) is 6.66. The van der Waals surface area contributed by atoms with Crippen LogP contribution in [0.3, 0.4) is 0 Å². The van der Waals surface area contributed by atoms with Crippen LogP contribution in [0, 0.1) is 6.92 Å². The zero-order valence-corrected chi connectivity index (χ0v) is 11.3. The van der Waals surface area contributed by atoms with Gasteiger partial charge in [0.1, 0.15) is 5.76 Å². The topological polar surface area (TPSA) is 39.2 Å². The van der Waals surface area contributed by atoms with E-state index in [4.69, 9.17) is 10.2 Å². The van der Waals surface area contributed by atoms with Crippen LogP contribution in [-0.2, 0) is 5.75 Å². The van der Waals surface area contributed by atoms with Crippen LogP contribution in [0.4, 0.5) is 5.69 Å². The molecule has 0 amide bonds. The number of hydrogen-bond acceptors (Lipinski definition) is 3. The fourth-order valence-electron chi connectivity index (χ4n) is 1.38. The van der Waals surface area contributed by atoms with E-state index >= 15 is 0 Å². The molecule has 4 heteroatoms. The molecule has 2 N–H and O–H groups in total. The van der Waals surface area contributed by atoms with Crippen LogP contribution in [0.2, 0.25) is 0 Å². The Bertz CT molecular complexity index is 496. The molecule has 0 fully saturated rings. The Hall–Kier alpha value is -0.870. The fraction of sp³-hybridized carbons (Fsp3) is 0.167. The molecular formula is C12H12BrNOS. The molecule has 1 aromatic heterocycles. The summed E-state index contributed by atoms with van der Waals surface area (Å²) in [5.41, 5.74) is 7.94. The van der Waals surface area contributed by atoms with Gasteiger partial charge in [0, 0.05) is 10.6 Å². The van der Waals surface area contributed by atoms with Crippen molar-refractivity contribution in [1.82, 2.24) is 0 Å². The number of anilines is 1. The first-order chi connectivity index (χ1) is 7.65. The number of halogens is 1. The average Bonchev–Trinajstić information content (AvgIpc) is 2.63. The quantitative estimate of drug-likeness (QED) is 0.681. The second-order valence-corrected chi connectivity index (χ2v) is 5.33. The number of aryl methyl sites for hydroxylation is 1. The van der Waals surface area contributed by atoms with Crippen molar-refractivity contribution in [2.24, 2.45) is 0 Å². The molecule has 0 saturated carbocycles. The molecule has 1 heterocycles. The lowest BCUT2D eigenvalue weighted by Crippen LogP contribution is -1.89. The Morgan fingerprint density at radius 3 is 2.75 bits per heavy atom. The highest BCUT2D eigenvalue weighted by molar-refractivity contribution is 9.10. The summed E-state index contributed by atoms with van der Waals surface area (Å²) in [6, 6.07) is 9.96. The minimum absolute atomic E-state index is 0.764. The minimum atomic E-state index is 0.764. The Balaban J connectivity index is 2.04. The minimum Gasteiger partial charge on any atom is -0.453 e. The average molecular weight is 298 g/mol. The molecular weight excluding hydrogens is 286 g/mol. The van der Waals surface area contributed by atoms with Gasteiger partial charge in [-0.05, 0) is 52.7 Å². The molecule has 2 nitrogen and oxygen atoms in total. The molecule has 0 aliphatic heterocycles. The van der Waals surface area contributed by atoms with E-state index in [9.17, 15) is 0 Å². The monoisotopic (exact) mass is 297 g/mol. The summed E-state index contributed by atoms with van der Waals surface area (Å²) in [5.74, 6) is 1.73. The van der Waals surface area contributed by atoms with Gasteiger partial charge >= 0.3 is 0 Å². The Labute approximate surface area is 107 Å². The highest BCUT2D eigenvalue weighted by Gasteiger charge is 2.03. The van der Waals surface area contributed by atoms with E-state index in [1.54, 1.807) is 11.8 Å². The summed E-state index contributed by atoms with van der Waals surface area (Å²) in [5, 5.41) is 0. The van der Waals surface area contributed by atoms with Crippen molar-refractivity contribution in [3.8, 4) is 0 Å². The van der Waals surface area contributed by atoms with Gasteiger partial charge in [-0.2, -0.15) is 0 Å². The zero-order valence-electron chi connectivity index (χ0n) is 8.87. The number of hydrogen-bond donors (Lipinski definition) is 1. The maximum absolute atomic E-state index is 5.93. The van der Waals surface area contributed by atoms with Gasteiger partial charge in [-0.15, -0.1) is 11.8 Å². The summed E-state index contributed by atoms with van der Waals surface area (Å²) >= 11 is 4.96. The smallest absolute Gasteiger partial charge is 0.169 e.